The standard InChI is InChI=1S/C22H26FN3O4S/c1-31(29,30)25-19-7-4-6-18(15-19)22(28)26-13-10-17(11-14-26)21(27)24-12-9-16-5-2-3-8-20(16)23/h2-8,15,17,25H,9-14H2,1H3,(H,24,27). The Kier molecular flexibility index (Phi) is 7.27. The summed E-state index contributed by atoms with van der Waals surface area (Å²) in [5.41, 5.74) is 1.29. The highest BCUT2D eigenvalue weighted by molar-refractivity contribution is 7.92. The predicted octanol–water partition coefficient (Wildman–Crippen LogP) is 2.41. The summed E-state index contributed by atoms with van der Waals surface area (Å²) in [5, 5.41) is 2.86. The molecule has 0 atom stereocenters. The molecule has 1 heterocycles. The first-order valence-corrected chi connectivity index (χ1v) is 12.0. The van der Waals surface area contributed by atoms with E-state index < -0.39 is 10.0 Å². The molecule has 0 unspecified atom stereocenters. The smallest absolute Gasteiger partial charge is 0.253 e. The number of benzene rings is 2. The number of carbonyl (C=O) groups is 2. The van der Waals surface area contributed by atoms with Gasteiger partial charge < -0.3 is 10.2 Å². The lowest BCUT2D eigenvalue weighted by molar-refractivity contribution is -0.126. The molecule has 1 aliphatic heterocycles. The van der Waals surface area contributed by atoms with E-state index in [1.165, 1.54) is 12.1 Å². The number of nitrogens with zero attached hydrogens (tertiary/aromatic N) is 1. The summed E-state index contributed by atoms with van der Waals surface area (Å²) in [6, 6.07) is 12.8. The Morgan fingerprint density at radius 1 is 1.10 bits per heavy atom. The zero-order valence-corrected chi connectivity index (χ0v) is 18.1. The number of sulfonamides is 1. The number of halogens is 1. The molecule has 1 aliphatic rings. The summed E-state index contributed by atoms with van der Waals surface area (Å²) in [6.07, 6.45) is 2.55. The lowest BCUT2D eigenvalue weighted by atomic mass is 9.95. The van der Waals surface area contributed by atoms with E-state index in [-0.39, 0.29) is 23.5 Å². The summed E-state index contributed by atoms with van der Waals surface area (Å²) >= 11 is 0. The molecular formula is C22H26FN3O4S. The topological polar surface area (TPSA) is 95.6 Å². The molecular weight excluding hydrogens is 421 g/mol. The summed E-state index contributed by atoms with van der Waals surface area (Å²) in [5.74, 6) is -0.749. The van der Waals surface area contributed by atoms with E-state index in [1.54, 1.807) is 41.3 Å². The minimum atomic E-state index is -3.43. The van der Waals surface area contributed by atoms with Crippen molar-refractivity contribution >= 4 is 27.5 Å². The highest BCUT2D eigenvalue weighted by Crippen LogP contribution is 2.21. The number of hydrogen-bond donors (Lipinski definition) is 2. The highest BCUT2D eigenvalue weighted by Gasteiger charge is 2.27. The Hall–Kier alpha value is -2.94. The molecule has 0 aliphatic carbocycles. The zero-order valence-electron chi connectivity index (χ0n) is 17.3. The number of nitrogens with one attached hydrogen (secondary N) is 2. The minimum Gasteiger partial charge on any atom is -0.356 e. The average molecular weight is 448 g/mol. The largest absolute Gasteiger partial charge is 0.356 e. The van der Waals surface area contributed by atoms with Gasteiger partial charge in [-0.1, -0.05) is 24.3 Å². The summed E-state index contributed by atoms with van der Waals surface area (Å²) < 4.78 is 38.8. The molecule has 0 saturated carbocycles. The molecule has 2 aromatic rings. The Labute approximate surface area is 181 Å². The number of rotatable bonds is 7. The van der Waals surface area contributed by atoms with Crippen LogP contribution < -0.4 is 10.0 Å². The lowest BCUT2D eigenvalue weighted by Crippen LogP contribution is -2.43. The molecule has 31 heavy (non-hydrogen) atoms. The molecule has 3 rings (SSSR count). The van der Waals surface area contributed by atoms with Crippen LogP contribution in [0.2, 0.25) is 0 Å². The van der Waals surface area contributed by atoms with Crippen molar-refractivity contribution in [2.24, 2.45) is 5.92 Å². The predicted molar refractivity (Wildman–Crippen MR) is 117 cm³/mol. The van der Waals surface area contributed by atoms with Crippen LogP contribution in [0.1, 0.15) is 28.8 Å². The second kappa shape index (κ2) is 9.91. The number of likely N-dealkylation sites (tertiary alicyclic amines) is 1. The maximum Gasteiger partial charge on any atom is 0.253 e. The van der Waals surface area contributed by atoms with Crippen molar-refractivity contribution in [3.05, 3.63) is 65.5 Å². The van der Waals surface area contributed by atoms with Crippen molar-refractivity contribution in [1.82, 2.24) is 10.2 Å². The van der Waals surface area contributed by atoms with Crippen molar-refractivity contribution in [1.29, 1.82) is 0 Å². The van der Waals surface area contributed by atoms with Gasteiger partial charge in [0, 0.05) is 36.8 Å². The Morgan fingerprint density at radius 3 is 2.48 bits per heavy atom. The quantitative estimate of drug-likeness (QED) is 0.681. The van der Waals surface area contributed by atoms with Crippen LogP contribution in [0.3, 0.4) is 0 Å². The van der Waals surface area contributed by atoms with Gasteiger partial charge in [0.1, 0.15) is 5.82 Å². The van der Waals surface area contributed by atoms with Crippen molar-refractivity contribution in [3.8, 4) is 0 Å². The molecule has 1 saturated heterocycles. The minimum absolute atomic E-state index is 0.0808. The van der Waals surface area contributed by atoms with E-state index in [2.05, 4.69) is 10.0 Å². The number of hydrogen-bond acceptors (Lipinski definition) is 4. The average Bonchev–Trinajstić information content (AvgIpc) is 2.73. The van der Waals surface area contributed by atoms with Crippen molar-refractivity contribution in [3.63, 3.8) is 0 Å². The Bertz CT molecular complexity index is 1050. The second-order valence-electron chi connectivity index (χ2n) is 7.65. The normalized spacial score (nSPS) is 14.8. The second-order valence-corrected chi connectivity index (χ2v) is 9.40. The maximum atomic E-state index is 13.6. The van der Waals surface area contributed by atoms with Crippen molar-refractivity contribution in [2.75, 3.05) is 30.6 Å². The van der Waals surface area contributed by atoms with E-state index >= 15 is 0 Å². The molecule has 2 N–H and O–H groups in total. The Balaban J connectivity index is 1.48. The third-order valence-corrected chi connectivity index (χ3v) is 5.82. The van der Waals surface area contributed by atoms with Crippen LogP contribution >= 0.6 is 0 Å². The lowest BCUT2D eigenvalue weighted by Gasteiger charge is -2.31. The highest BCUT2D eigenvalue weighted by atomic mass is 32.2. The third-order valence-electron chi connectivity index (χ3n) is 5.22. The van der Waals surface area contributed by atoms with E-state index in [9.17, 15) is 22.4 Å². The van der Waals surface area contributed by atoms with Gasteiger partial charge in [-0.3, -0.25) is 14.3 Å². The van der Waals surface area contributed by atoms with Crippen LogP contribution in [0.25, 0.3) is 0 Å². The first-order chi connectivity index (χ1) is 14.7. The molecule has 0 aromatic heterocycles. The molecule has 166 valence electrons. The molecule has 0 spiro atoms. The molecule has 0 radical (unpaired) electrons. The third kappa shape index (κ3) is 6.52. The van der Waals surface area contributed by atoms with Gasteiger partial charge in [0.15, 0.2) is 0 Å². The Morgan fingerprint density at radius 2 is 1.81 bits per heavy atom. The van der Waals surface area contributed by atoms with E-state index in [0.717, 1.165) is 6.26 Å². The number of carbonyl (C=O) groups excluding carboxylic acids is 2. The van der Waals surface area contributed by atoms with Crippen LogP contribution in [0, 0.1) is 11.7 Å². The fraction of sp³-hybridized carbons (Fsp3) is 0.364. The molecule has 0 bridgehead atoms. The van der Waals surface area contributed by atoms with E-state index in [1.807, 2.05) is 0 Å². The first-order valence-electron chi connectivity index (χ1n) is 10.1. The molecule has 2 aromatic carbocycles. The van der Waals surface area contributed by atoms with E-state index in [4.69, 9.17) is 0 Å². The summed E-state index contributed by atoms with van der Waals surface area (Å²) in [6.45, 7) is 1.24. The van der Waals surface area contributed by atoms with Gasteiger partial charge in [-0.2, -0.15) is 0 Å². The van der Waals surface area contributed by atoms with Gasteiger partial charge in [-0.15, -0.1) is 0 Å². The van der Waals surface area contributed by atoms with Crippen molar-refractivity contribution in [2.45, 2.75) is 19.3 Å². The number of piperidine rings is 1. The molecule has 9 heteroatoms. The molecule has 2 amide bonds. The van der Waals surface area contributed by atoms with Gasteiger partial charge in [-0.05, 0) is 49.1 Å². The number of amides is 2. The van der Waals surface area contributed by atoms with Gasteiger partial charge in [0.05, 0.1) is 6.26 Å². The maximum absolute atomic E-state index is 13.6. The fourth-order valence-electron chi connectivity index (χ4n) is 3.62. The molecule has 1 fully saturated rings. The molecule has 7 nitrogen and oxygen atoms in total. The summed E-state index contributed by atoms with van der Waals surface area (Å²) in [7, 11) is -3.43. The van der Waals surface area contributed by atoms with Gasteiger partial charge in [0.2, 0.25) is 15.9 Å². The monoisotopic (exact) mass is 447 g/mol. The number of anilines is 1. The zero-order chi connectivity index (χ0) is 22.4. The van der Waals surface area contributed by atoms with Crippen LogP contribution in [-0.4, -0.2) is 51.0 Å². The van der Waals surface area contributed by atoms with Crippen LogP contribution in [0.4, 0.5) is 10.1 Å². The van der Waals surface area contributed by atoms with Crippen molar-refractivity contribution < 1.29 is 22.4 Å². The summed E-state index contributed by atoms with van der Waals surface area (Å²) in [4.78, 5) is 26.9. The van der Waals surface area contributed by atoms with Crippen LogP contribution in [-0.2, 0) is 21.2 Å². The SMILES string of the molecule is CS(=O)(=O)Nc1cccc(C(=O)N2CCC(C(=O)NCCc3ccccc3F)CC2)c1. The van der Waals surface area contributed by atoms with Gasteiger partial charge in [0.25, 0.3) is 5.91 Å². The van der Waals surface area contributed by atoms with Crippen LogP contribution in [0.5, 0.6) is 0 Å². The van der Waals surface area contributed by atoms with Gasteiger partial charge in [-0.25, -0.2) is 12.8 Å². The first kappa shape index (κ1) is 22.7. The van der Waals surface area contributed by atoms with Crippen LogP contribution in [0.15, 0.2) is 48.5 Å². The van der Waals surface area contributed by atoms with Gasteiger partial charge >= 0.3 is 0 Å². The fourth-order valence-corrected chi connectivity index (χ4v) is 4.18. The van der Waals surface area contributed by atoms with E-state index in [0.29, 0.717) is 55.7 Å².